The number of rotatable bonds is 3. The van der Waals surface area contributed by atoms with Crippen LogP contribution in [0.25, 0.3) is 0 Å². The first-order valence-corrected chi connectivity index (χ1v) is 5.54. The van der Waals surface area contributed by atoms with E-state index in [1.807, 2.05) is 0 Å². The minimum atomic E-state index is -0.322. The molecule has 5 heteroatoms. The third kappa shape index (κ3) is 2.29. The molecule has 1 aromatic carbocycles. The van der Waals surface area contributed by atoms with Crippen molar-refractivity contribution < 1.29 is 9.13 Å². The van der Waals surface area contributed by atoms with E-state index in [0.717, 1.165) is 6.42 Å². The molecule has 0 aromatic heterocycles. The molecule has 1 fully saturated rings. The maximum atomic E-state index is 13.1. The van der Waals surface area contributed by atoms with Crippen LogP contribution in [0.4, 0.5) is 10.1 Å². The van der Waals surface area contributed by atoms with Gasteiger partial charge in [0.15, 0.2) is 0 Å². The normalized spacial score (nSPS) is 24.7. The number of ether oxygens (including phenoxy) is 1. The molecule has 0 aliphatic carbocycles. The molecule has 1 saturated heterocycles. The number of halogens is 2. The van der Waals surface area contributed by atoms with Crippen LogP contribution >= 0.6 is 11.6 Å². The van der Waals surface area contributed by atoms with E-state index in [4.69, 9.17) is 22.1 Å². The molecule has 16 heavy (non-hydrogen) atoms. The number of nitrogens with one attached hydrogen (secondary N) is 1. The lowest BCUT2D eigenvalue weighted by Gasteiger charge is -2.28. The Kier molecular flexibility index (Phi) is 3.33. The third-order valence-electron chi connectivity index (χ3n) is 2.82. The van der Waals surface area contributed by atoms with E-state index in [9.17, 15) is 4.39 Å². The predicted molar refractivity (Wildman–Crippen MR) is 62.3 cm³/mol. The summed E-state index contributed by atoms with van der Waals surface area (Å²) in [6, 6.07) is 4.23. The first-order chi connectivity index (χ1) is 7.65. The van der Waals surface area contributed by atoms with Crippen LogP contribution in [0.15, 0.2) is 18.2 Å². The molecule has 0 amide bonds. The van der Waals surface area contributed by atoms with E-state index in [1.165, 1.54) is 18.2 Å². The Balaban J connectivity index is 2.21. The maximum Gasteiger partial charge on any atom is 0.125 e. The molecule has 0 spiro atoms. The van der Waals surface area contributed by atoms with Crippen LogP contribution in [-0.4, -0.2) is 25.3 Å². The molecule has 0 saturated carbocycles. The van der Waals surface area contributed by atoms with E-state index in [-0.39, 0.29) is 11.4 Å². The van der Waals surface area contributed by atoms with E-state index in [2.05, 4.69) is 5.32 Å². The summed E-state index contributed by atoms with van der Waals surface area (Å²) in [5, 5.41) is 3.68. The minimum absolute atomic E-state index is 0.321. The second-order valence-corrected chi connectivity index (χ2v) is 4.44. The predicted octanol–water partition coefficient (Wildman–Crippen LogP) is 2.01. The summed E-state index contributed by atoms with van der Waals surface area (Å²) in [7, 11) is 0. The highest BCUT2D eigenvalue weighted by Crippen LogP contribution is 2.29. The molecule has 1 heterocycles. The van der Waals surface area contributed by atoms with Gasteiger partial charge in [-0.15, -0.1) is 0 Å². The zero-order valence-electron chi connectivity index (χ0n) is 8.80. The number of nitrogens with two attached hydrogens (primary N) is 1. The van der Waals surface area contributed by atoms with Crippen LogP contribution < -0.4 is 11.1 Å². The Labute approximate surface area is 98.7 Å². The SMILES string of the molecule is NCC1(Nc2cc(F)ccc2Cl)CCOC1. The van der Waals surface area contributed by atoms with Gasteiger partial charge in [0.25, 0.3) is 0 Å². The lowest BCUT2D eigenvalue weighted by atomic mass is 9.98. The largest absolute Gasteiger partial charge is 0.379 e. The topological polar surface area (TPSA) is 47.3 Å². The molecule has 3 N–H and O–H groups in total. The van der Waals surface area contributed by atoms with Gasteiger partial charge in [-0.3, -0.25) is 0 Å². The standard InChI is InChI=1S/C11H14ClFN2O/c12-9-2-1-8(13)5-10(9)15-11(6-14)3-4-16-7-11/h1-2,5,15H,3-4,6-7,14H2. The fourth-order valence-corrected chi connectivity index (χ4v) is 1.96. The van der Waals surface area contributed by atoms with Crippen molar-refractivity contribution in [1.82, 2.24) is 0 Å². The summed E-state index contributed by atoms with van der Waals surface area (Å²) in [6.07, 6.45) is 0.802. The number of benzene rings is 1. The molecule has 1 unspecified atom stereocenters. The van der Waals surface area contributed by atoms with Crippen molar-refractivity contribution in [3.63, 3.8) is 0 Å². The van der Waals surface area contributed by atoms with Crippen molar-refractivity contribution in [1.29, 1.82) is 0 Å². The van der Waals surface area contributed by atoms with Crippen LogP contribution in [0.2, 0.25) is 5.02 Å². The third-order valence-corrected chi connectivity index (χ3v) is 3.15. The Hall–Kier alpha value is -0.840. The summed E-state index contributed by atoms with van der Waals surface area (Å²) in [5.41, 5.74) is 5.97. The lowest BCUT2D eigenvalue weighted by molar-refractivity contribution is 0.183. The first kappa shape index (κ1) is 11.6. The van der Waals surface area contributed by atoms with Crippen molar-refractivity contribution in [3.05, 3.63) is 29.0 Å². The van der Waals surface area contributed by atoms with Crippen LogP contribution in [0.5, 0.6) is 0 Å². The maximum absolute atomic E-state index is 13.1. The van der Waals surface area contributed by atoms with Crippen molar-refractivity contribution in [2.24, 2.45) is 5.73 Å². The molecule has 2 rings (SSSR count). The molecule has 0 radical (unpaired) electrons. The summed E-state index contributed by atoms with van der Waals surface area (Å²) in [4.78, 5) is 0. The van der Waals surface area contributed by atoms with Gasteiger partial charge >= 0.3 is 0 Å². The highest BCUT2D eigenvalue weighted by molar-refractivity contribution is 6.33. The Morgan fingerprint density at radius 2 is 2.38 bits per heavy atom. The Morgan fingerprint density at radius 1 is 1.56 bits per heavy atom. The first-order valence-electron chi connectivity index (χ1n) is 5.16. The number of hydrogen-bond acceptors (Lipinski definition) is 3. The molecule has 1 atom stereocenters. The quantitative estimate of drug-likeness (QED) is 0.855. The van der Waals surface area contributed by atoms with Gasteiger partial charge in [-0.25, -0.2) is 4.39 Å². The zero-order valence-corrected chi connectivity index (χ0v) is 9.56. The van der Waals surface area contributed by atoms with Gasteiger partial charge in [-0.1, -0.05) is 11.6 Å². The van der Waals surface area contributed by atoms with Crippen LogP contribution in [-0.2, 0) is 4.74 Å². The molecule has 88 valence electrons. The van der Waals surface area contributed by atoms with Crippen LogP contribution in [0.3, 0.4) is 0 Å². The average molecular weight is 245 g/mol. The molecular formula is C11H14ClFN2O. The van der Waals surface area contributed by atoms with Gasteiger partial charge < -0.3 is 15.8 Å². The van der Waals surface area contributed by atoms with Crippen LogP contribution in [0.1, 0.15) is 6.42 Å². The smallest absolute Gasteiger partial charge is 0.125 e. The number of anilines is 1. The minimum Gasteiger partial charge on any atom is -0.379 e. The summed E-state index contributed by atoms with van der Waals surface area (Å²) in [6.45, 7) is 1.62. The van der Waals surface area contributed by atoms with Crippen molar-refractivity contribution >= 4 is 17.3 Å². The second-order valence-electron chi connectivity index (χ2n) is 4.04. The zero-order chi connectivity index (χ0) is 11.6. The monoisotopic (exact) mass is 244 g/mol. The molecule has 1 aromatic rings. The summed E-state index contributed by atoms with van der Waals surface area (Å²) >= 11 is 5.98. The molecule has 1 aliphatic heterocycles. The van der Waals surface area contributed by atoms with Gasteiger partial charge in [-0.2, -0.15) is 0 Å². The molecule has 1 aliphatic rings. The van der Waals surface area contributed by atoms with Gasteiger partial charge in [-0.05, 0) is 24.6 Å². The Bertz CT molecular complexity index is 380. The fourth-order valence-electron chi connectivity index (χ4n) is 1.80. The summed E-state index contributed by atoms with van der Waals surface area (Å²) in [5.74, 6) is -0.321. The highest BCUT2D eigenvalue weighted by atomic mass is 35.5. The molecule has 0 bridgehead atoms. The second kappa shape index (κ2) is 4.57. The Morgan fingerprint density at radius 3 is 3.00 bits per heavy atom. The highest BCUT2D eigenvalue weighted by Gasteiger charge is 2.33. The van der Waals surface area contributed by atoms with Gasteiger partial charge in [0.05, 0.1) is 22.9 Å². The van der Waals surface area contributed by atoms with Crippen molar-refractivity contribution in [3.8, 4) is 0 Å². The van der Waals surface area contributed by atoms with Crippen LogP contribution in [0, 0.1) is 5.82 Å². The number of hydrogen-bond donors (Lipinski definition) is 2. The summed E-state index contributed by atoms with van der Waals surface area (Å²) < 4.78 is 18.4. The molecule has 3 nitrogen and oxygen atoms in total. The van der Waals surface area contributed by atoms with E-state index in [0.29, 0.717) is 30.5 Å². The van der Waals surface area contributed by atoms with Gasteiger partial charge in [0.1, 0.15) is 5.82 Å². The van der Waals surface area contributed by atoms with Gasteiger partial charge in [0, 0.05) is 13.2 Å². The van der Waals surface area contributed by atoms with E-state index < -0.39 is 0 Å². The fraction of sp³-hybridized carbons (Fsp3) is 0.455. The van der Waals surface area contributed by atoms with E-state index in [1.54, 1.807) is 0 Å². The molecular weight excluding hydrogens is 231 g/mol. The van der Waals surface area contributed by atoms with E-state index >= 15 is 0 Å². The lowest BCUT2D eigenvalue weighted by Crippen LogP contribution is -2.46. The van der Waals surface area contributed by atoms with Crippen molar-refractivity contribution in [2.75, 3.05) is 25.1 Å². The van der Waals surface area contributed by atoms with Gasteiger partial charge in [0.2, 0.25) is 0 Å². The average Bonchev–Trinajstić information content (AvgIpc) is 2.73. The van der Waals surface area contributed by atoms with Crippen molar-refractivity contribution in [2.45, 2.75) is 12.0 Å².